The highest BCUT2D eigenvalue weighted by atomic mass is 14.9. The van der Waals surface area contributed by atoms with Crippen LogP contribution >= 0.6 is 0 Å². The molecule has 0 aromatic carbocycles. The van der Waals surface area contributed by atoms with Crippen molar-refractivity contribution in [1.29, 1.82) is 0 Å². The van der Waals surface area contributed by atoms with Gasteiger partial charge in [-0.25, -0.2) is 0 Å². The maximum Gasteiger partial charge on any atom is 0.0840 e. The predicted octanol–water partition coefficient (Wildman–Crippen LogP) is 0.727. The summed E-state index contributed by atoms with van der Waals surface area (Å²) in [5.74, 6) is 0. The number of aryl methyl sites for hydroxylation is 1. The van der Waals surface area contributed by atoms with Gasteiger partial charge in [-0.1, -0.05) is 6.04 Å². The Morgan fingerprint density at radius 2 is 2.80 bits per heavy atom. The summed E-state index contributed by atoms with van der Waals surface area (Å²) in [6.07, 6.45) is -3.39. The molecule has 0 bridgehead atoms. The second kappa shape index (κ2) is 2.39. The van der Waals surface area contributed by atoms with Crippen LogP contribution in [0.25, 0.3) is 0 Å². The lowest BCUT2D eigenvalue weighted by molar-refractivity contribution is 0.630. The number of hydrogen-bond donors (Lipinski definition) is 1. The summed E-state index contributed by atoms with van der Waals surface area (Å²) in [5, 5.41) is 1.85. The summed E-state index contributed by atoms with van der Waals surface area (Å²) in [4.78, 5) is 3.48. The van der Waals surface area contributed by atoms with Crippen LogP contribution in [0.3, 0.4) is 0 Å². The Bertz CT molecular complexity index is 554. The van der Waals surface area contributed by atoms with Crippen LogP contribution in [-0.2, 0) is 12.9 Å². The van der Waals surface area contributed by atoms with Gasteiger partial charge >= 0.3 is 0 Å². The Hall–Kier alpha value is -0.890. The van der Waals surface area contributed by atoms with E-state index < -0.39 is 48.9 Å². The number of hydrogen-bond acceptors (Lipinski definition) is 2. The monoisotopic (exact) mass is 143 g/mol. The largest absolute Gasteiger partial charge is 0.312 e. The average molecular weight is 143 g/mol. The van der Waals surface area contributed by atoms with Crippen molar-refractivity contribution in [2.24, 2.45) is 0 Å². The molecule has 10 heavy (non-hydrogen) atoms. The van der Waals surface area contributed by atoms with Crippen molar-refractivity contribution in [2.45, 2.75) is 12.9 Å². The maximum absolute atomic E-state index is 7.72. The van der Waals surface area contributed by atoms with E-state index >= 15 is 0 Å². The van der Waals surface area contributed by atoms with Crippen LogP contribution in [-0.4, -0.2) is 11.5 Å². The number of nitrogens with one attached hydrogen (secondary N) is 1. The highest BCUT2D eigenvalue weighted by molar-refractivity contribution is 5.21. The summed E-state index contributed by atoms with van der Waals surface area (Å²) in [6.45, 7) is -5.29. The van der Waals surface area contributed by atoms with E-state index in [-0.39, 0.29) is 0 Å². The molecular formula is C8H10N2. The van der Waals surface area contributed by atoms with Gasteiger partial charge in [-0.05, 0) is 11.6 Å². The first-order valence-electron chi connectivity index (χ1n) is 7.20. The number of fused-ring (bicyclic) bond motifs is 1. The Morgan fingerprint density at radius 3 is 3.80 bits per heavy atom. The van der Waals surface area contributed by atoms with E-state index in [0.29, 0.717) is 0 Å². The maximum atomic E-state index is 7.72. The fourth-order valence-electron chi connectivity index (χ4n) is 0.655. The van der Waals surface area contributed by atoms with Crippen molar-refractivity contribution in [3.05, 3.63) is 29.5 Å². The van der Waals surface area contributed by atoms with Gasteiger partial charge < -0.3 is 5.32 Å². The zero-order valence-electron chi connectivity index (χ0n) is 13.9. The highest BCUT2D eigenvalue weighted by Crippen LogP contribution is 2.08. The SMILES string of the molecule is [2H]c1nc2c(c([2H])c1[2H])C([2H])([2H])NC([2H])([2H])C2([2H])[2H]. The average Bonchev–Trinajstić information content (AvgIpc) is 2.21. The number of rotatable bonds is 0. The van der Waals surface area contributed by atoms with Gasteiger partial charge in [0, 0.05) is 39.5 Å². The molecule has 0 fully saturated rings. The van der Waals surface area contributed by atoms with Gasteiger partial charge in [0.25, 0.3) is 0 Å². The van der Waals surface area contributed by atoms with Crippen molar-refractivity contribution in [3.8, 4) is 0 Å². The third-order valence-electron chi connectivity index (χ3n) is 1.08. The highest BCUT2D eigenvalue weighted by Gasteiger charge is 2.06. The molecule has 1 N–H and O–H groups in total. The molecule has 2 rings (SSSR count). The van der Waals surface area contributed by atoms with Gasteiger partial charge in [0.05, 0.1) is 4.11 Å². The Morgan fingerprint density at radius 1 is 1.80 bits per heavy atom. The topological polar surface area (TPSA) is 24.9 Å². The third kappa shape index (κ3) is 0.907. The van der Waals surface area contributed by atoms with E-state index in [1.54, 1.807) is 0 Å². The van der Waals surface area contributed by atoms with Crippen molar-refractivity contribution in [2.75, 3.05) is 6.50 Å². The standard InChI is InChI=1S/C8H10N2/c1-2-7-6-9-5-3-8(7)10-4-1/h1-2,4,9H,3,5-6H2/i1D,2D,3D2,4D,5D2,6D2. The van der Waals surface area contributed by atoms with Crippen LogP contribution < -0.4 is 5.32 Å². The van der Waals surface area contributed by atoms with E-state index in [0.717, 1.165) is 0 Å². The summed E-state index contributed by atoms with van der Waals surface area (Å²) in [7, 11) is 0. The molecule has 0 aliphatic carbocycles. The lowest BCUT2D eigenvalue weighted by Gasteiger charge is -2.14. The Labute approximate surface area is 72.9 Å². The fraction of sp³-hybridized carbons (Fsp3) is 0.375. The van der Waals surface area contributed by atoms with Gasteiger partial charge in [0.1, 0.15) is 0 Å². The number of nitrogens with zero attached hydrogens (tertiary/aromatic N) is 1. The van der Waals surface area contributed by atoms with Crippen molar-refractivity contribution in [3.63, 3.8) is 0 Å². The second-order valence-corrected chi connectivity index (χ2v) is 1.70. The predicted molar refractivity (Wildman–Crippen MR) is 39.6 cm³/mol. The van der Waals surface area contributed by atoms with Crippen molar-refractivity contribution in [1.82, 2.24) is 10.3 Å². The van der Waals surface area contributed by atoms with Crippen molar-refractivity contribution >= 4 is 0 Å². The summed E-state index contributed by atoms with van der Waals surface area (Å²) >= 11 is 0. The summed E-state index contributed by atoms with van der Waals surface area (Å²) in [5.41, 5.74) is -1.18. The van der Waals surface area contributed by atoms with Crippen LogP contribution in [0.15, 0.2) is 18.3 Å². The fourth-order valence-corrected chi connectivity index (χ4v) is 0.655. The molecule has 2 nitrogen and oxygen atoms in total. The van der Waals surface area contributed by atoms with Gasteiger partial charge in [-0.15, -0.1) is 0 Å². The molecular weight excluding hydrogens is 124 g/mol. The first kappa shape index (κ1) is 1.64. The molecule has 0 amide bonds. The normalized spacial score (nSPS) is 44.6. The Kier molecular flexibility index (Phi) is 0.391. The minimum Gasteiger partial charge on any atom is -0.312 e. The van der Waals surface area contributed by atoms with Gasteiger partial charge in [0.15, 0.2) is 0 Å². The molecule has 1 aromatic heterocycles. The van der Waals surface area contributed by atoms with Crippen LogP contribution in [0, 0.1) is 0 Å². The molecule has 1 aromatic rings. The minimum atomic E-state index is -2.75. The zero-order valence-corrected chi connectivity index (χ0v) is 4.95. The minimum absolute atomic E-state index is 0.534. The van der Waals surface area contributed by atoms with Crippen molar-refractivity contribution < 1.29 is 12.3 Å². The molecule has 0 unspecified atom stereocenters. The van der Waals surface area contributed by atoms with Gasteiger partial charge in [0.2, 0.25) is 0 Å². The van der Waals surface area contributed by atoms with E-state index in [4.69, 9.17) is 12.3 Å². The van der Waals surface area contributed by atoms with Gasteiger partial charge in [-0.3, -0.25) is 4.98 Å². The molecule has 1 aliphatic heterocycles. The molecule has 0 radical (unpaired) electrons. The smallest absolute Gasteiger partial charge is 0.0840 e. The van der Waals surface area contributed by atoms with Crippen LogP contribution in [0.2, 0.25) is 0 Å². The third-order valence-corrected chi connectivity index (χ3v) is 1.08. The number of aromatic nitrogens is 1. The van der Waals surface area contributed by atoms with E-state index in [1.165, 1.54) is 0 Å². The quantitative estimate of drug-likeness (QED) is 0.579. The molecule has 52 valence electrons. The summed E-state index contributed by atoms with van der Waals surface area (Å²) in [6, 6.07) is -1.28. The van der Waals surface area contributed by atoms with E-state index in [2.05, 4.69) is 4.98 Å². The molecule has 0 saturated carbocycles. The van der Waals surface area contributed by atoms with Crippen LogP contribution in [0.1, 0.15) is 23.6 Å². The van der Waals surface area contributed by atoms with E-state index in [1.807, 2.05) is 5.32 Å². The molecule has 0 atom stereocenters. The lowest BCUT2D eigenvalue weighted by atomic mass is 10.1. The molecule has 1 aliphatic rings. The Balaban J connectivity index is 2.88. The zero-order chi connectivity index (χ0) is 14.8. The molecule has 2 heterocycles. The first-order chi connectivity index (χ1) is 8.42. The number of pyridine rings is 1. The molecule has 0 spiro atoms. The first-order valence-corrected chi connectivity index (χ1v) is 2.70. The van der Waals surface area contributed by atoms with Gasteiger partial charge in [-0.2, -0.15) is 0 Å². The lowest BCUT2D eigenvalue weighted by Crippen LogP contribution is -2.24. The van der Waals surface area contributed by atoms with Crippen LogP contribution in [0.5, 0.6) is 0 Å². The summed E-state index contributed by atoms with van der Waals surface area (Å²) < 4.78 is 68.4. The molecule has 2 heteroatoms. The van der Waals surface area contributed by atoms with E-state index in [9.17, 15) is 0 Å². The second-order valence-electron chi connectivity index (χ2n) is 1.70. The molecule has 0 saturated heterocycles. The van der Waals surface area contributed by atoms with Crippen LogP contribution in [0.4, 0.5) is 0 Å².